The van der Waals surface area contributed by atoms with E-state index < -0.39 is 0 Å². The molecule has 5 aromatic rings. The van der Waals surface area contributed by atoms with E-state index in [1.165, 1.54) is 0 Å². The SMILES string of the molecule is O=c1[nH]c2cn(-c3ccccc3)nc2c2ccc3ccccc3c12. The van der Waals surface area contributed by atoms with E-state index in [4.69, 9.17) is 5.10 Å². The Morgan fingerprint density at radius 3 is 2.50 bits per heavy atom. The van der Waals surface area contributed by atoms with Gasteiger partial charge in [-0.1, -0.05) is 54.6 Å². The topological polar surface area (TPSA) is 50.7 Å². The number of H-pyrrole nitrogens is 1. The maximum atomic E-state index is 12.7. The van der Waals surface area contributed by atoms with Crippen LogP contribution in [0.3, 0.4) is 0 Å². The van der Waals surface area contributed by atoms with Gasteiger partial charge in [0.2, 0.25) is 0 Å². The van der Waals surface area contributed by atoms with Crippen molar-refractivity contribution in [3.05, 3.63) is 83.3 Å². The van der Waals surface area contributed by atoms with Crippen molar-refractivity contribution in [2.75, 3.05) is 0 Å². The van der Waals surface area contributed by atoms with Crippen molar-refractivity contribution in [3.63, 3.8) is 0 Å². The molecule has 0 atom stereocenters. The summed E-state index contributed by atoms with van der Waals surface area (Å²) in [4.78, 5) is 15.6. The van der Waals surface area contributed by atoms with Gasteiger partial charge in [-0.25, -0.2) is 4.68 Å². The van der Waals surface area contributed by atoms with Crippen LogP contribution in [-0.2, 0) is 0 Å². The first kappa shape index (κ1) is 13.1. The number of aromatic amines is 1. The molecule has 0 amide bonds. The van der Waals surface area contributed by atoms with Gasteiger partial charge in [0.05, 0.1) is 22.8 Å². The fraction of sp³-hybridized carbons (Fsp3) is 0. The molecule has 0 aliphatic rings. The lowest BCUT2D eigenvalue weighted by Gasteiger charge is -2.03. The minimum Gasteiger partial charge on any atom is -0.319 e. The van der Waals surface area contributed by atoms with E-state index in [-0.39, 0.29) is 5.56 Å². The third-order valence-corrected chi connectivity index (χ3v) is 4.39. The summed E-state index contributed by atoms with van der Waals surface area (Å²) in [6.07, 6.45) is 1.86. The first-order chi connectivity index (χ1) is 11.8. The smallest absolute Gasteiger partial charge is 0.257 e. The Hall–Kier alpha value is -3.40. The van der Waals surface area contributed by atoms with Crippen LogP contribution in [0.1, 0.15) is 0 Å². The summed E-state index contributed by atoms with van der Waals surface area (Å²) in [5, 5.41) is 8.28. The van der Waals surface area contributed by atoms with Gasteiger partial charge in [-0.05, 0) is 22.9 Å². The van der Waals surface area contributed by atoms with Crippen molar-refractivity contribution in [1.82, 2.24) is 14.8 Å². The molecule has 0 aliphatic heterocycles. The first-order valence-electron chi connectivity index (χ1n) is 7.80. The molecule has 0 spiro atoms. The highest BCUT2D eigenvalue weighted by Crippen LogP contribution is 2.27. The second kappa shape index (κ2) is 4.80. The quantitative estimate of drug-likeness (QED) is 0.475. The van der Waals surface area contributed by atoms with Crippen molar-refractivity contribution < 1.29 is 0 Å². The summed E-state index contributed by atoms with van der Waals surface area (Å²) in [7, 11) is 0. The standard InChI is InChI=1S/C20H13N3O/c24-20-18-15-9-5-4-6-13(15)10-11-16(18)19-17(21-20)12-23(22-19)14-7-2-1-3-8-14/h1-12H,(H,21,24). The molecule has 24 heavy (non-hydrogen) atoms. The molecule has 0 radical (unpaired) electrons. The van der Waals surface area contributed by atoms with Crippen LogP contribution in [-0.4, -0.2) is 14.8 Å². The molecule has 0 saturated carbocycles. The van der Waals surface area contributed by atoms with E-state index >= 15 is 0 Å². The van der Waals surface area contributed by atoms with E-state index in [2.05, 4.69) is 4.98 Å². The number of benzene rings is 3. The van der Waals surface area contributed by atoms with E-state index in [0.717, 1.165) is 32.9 Å². The van der Waals surface area contributed by atoms with Crippen LogP contribution < -0.4 is 5.56 Å². The molecule has 1 N–H and O–H groups in total. The largest absolute Gasteiger partial charge is 0.319 e. The maximum absolute atomic E-state index is 12.7. The van der Waals surface area contributed by atoms with E-state index in [1.807, 2.05) is 72.9 Å². The lowest BCUT2D eigenvalue weighted by molar-refractivity contribution is 0.897. The van der Waals surface area contributed by atoms with Crippen LogP contribution in [0.4, 0.5) is 0 Å². The Morgan fingerprint density at radius 1 is 0.833 bits per heavy atom. The average Bonchev–Trinajstić information content (AvgIpc) is 3.06. The zero-order valence-corrected chi connectivity index (χ0v) is 12.7. The van der Waals surface area contributed by atoms with Crippen LogP contribution in [0.5, 0.6) is 0 Å². The number of pyridine rings is 1. The molecule has 4 heteroatoms. The highest BCUT2D eigenvalue weighted by Gasteiger charge is 2.12. The fourth-order valence-corrected chi connectivity index (χ4v) is 3.28. The average molecular weight is 311 g/mol. The molecule has 114 valence electrons. The highest BCUT2D eigenvalue weighted by atomic mass is 16.1. The van der Waals surface area contributed by atoms with Gasteiger partial charge in [0.1, 0.15) is 5.52 Å². The molecule has 0 unspecified atom stereocenters. The van der Waals surface area contributed by atoms with Crippen LogP contribution in [0, 0.1) is 0 Å². The van der Waals surface area contributed by atoms with Crippen LogP contribution in [0.25, 0.3) is 38.3 Å². The van der Waals surface area contributed by atoms with Gasteiger partial charge < -0.3 is 4.98 Å². The Balaban J connectivity index is 1.92. The third kappa shape index (κ3) is 1.80. The number of para-hydroxylation sites is 1. The normalized spacial score (nSPS) is 11.5. The van der Waals surface area contributed by atoms with Gasteiger partial charge >= 0.3 is 0 Å². The van der Waals surface area contributed by atoms with E-state index in [9.17, 15) is 4.79 Å². The van der Waals surface area contributed by atoms with Crippen molar-refractivity contribution in [3.8, 4) is 5.69 Å². The van der Waals surface area contributed by atoms with Gasteiger partial charge in [-0.15, -0.1) is 0 Å². The number of nitrogens with zero attached hydrogens (tertiary/aromatic N) is 2. The Kier molecular flexibility index (Phi) is 2.61. The number of nitrogens with one attached hydrogen (secondary N) is 1. The molecular formula is C20H13N3O. The fourth-order valence-electron chi connectivity index (χ4n) is 3.28. The number of hydrogen-bond acceptors (Lipinski definition) is 2. The van der Waals surface area contributed by atoms with Crippen LogP contribution >= 0.6 is 0 Å². The summed E-state index contributed by atoms with van der Waals surface area (Å²) < 4.78 is 1.80. The van der Waals surface area contributed by atoms with E-state index in [0.29, 0.717) is 5.39 Å². The predicted octanol–water partition coefficient (Wildman–Crippen LogP) is 4.02. The number of rotatable bonds is 1. The molecule has 0 fully saturated rings. The molecule has 0 saturated heterocycles. The second-order valence-corrected chi connectivity index (χ2v) is 5.83. The molecule has 2 heterocycles. The molecule has 3 aromatic carbocycles. The first-order valence-corrected chi connectivity index (χ1v) is 7.80. The van der Waals surface area contributed by atoms with Crippen molar-refractivity contribution in [2.24, 2.45) is 0 Å². The number of hydrogen-bond donors (Lipinski definition) is 1. The van der Waals surface area contributed by atoms with Crippen LogP contribution in [0.15, 0.2) is 77.7 Å². The zero-order chi connectivity index (χ0) is 16.1. The lowest BCUT2D eigenvalue weighted by Crippen LogP contribution is -2.06. The minimum absolute atomic E-state index is 0.0816. The van der Waals surface area contributed by atoms with Crippen molar-refractivity contribution in [2.45, 2.75) is 0 Å². The molecule has 2 aromatic heterocycles. The number of aromatic nitrogens is 3. The monoisotopic (exact) mass is 311 g/mol. The highest BCUT2D eigenvalue weighted by molar-refractivity contribution is 6.14. The zero-order valence-electron chi connectivity index (χ0n) is 12.7. The van der Waals surface area contributed by atoms with Gasteiger partial charge in [0.15, 0.2) is 0 Å². The second-order valence-electron chi connectivity index (χ2n) is 5.83. The molecule has 0 aliphatic carbocycles. The van der Waals surface area contributed by atoms with Gasteiger partial charge in [0, 0.05) is 5.39 Å². The Bertz CT molecular complexity index is 1270. The Labute approximate surface area is 137 Å². The van der Waals surface area contributed by atoms with Gasteiger partial charge in [-0.2, -0.15) is 5.10 Å². The van der Waals surface area contributed by atoms with Gasteiger partial charge in [0.25, 0.3) is 5.56 Å². The van der Waals surface area contributed by atoms with Crippen molar-refractivity contribution in [1.29, 1.82) is 0 Å². The summed E-state index contributed by atoms with van der Waals surface area (Å²) in [5.74, 6) is 0. The van der Waals surface area contributed by atoms with Crippen LogP contribution in [0.2, 0.25) is 0 Å². The molecular weight excluding hydrogens is 298 g/mol. The summed E-state index contributed by atoms with van der Waals surface area (Å²) in [5.41, 5.74) is 2.43. The molecule has 0 bridgehead atoms. The predicted molar refractivity (Wildman–Crippen MR) is 96.7 cm³/mol. The molecule has 5 rings (SSSR count). The van der Waals surface area contributed by atoms with E-state index in [1.54, 1.807) is 4.68 Å². The lowest BCUT2D eigenvalue weighted by atomic mass is 10.0. The number of fused-ring (bicyclic) bond motifs is 5. The Morgan fingerprint density at radius 2 is 1.62 bits per heavy atom. The third-order valence-electron chi connectivity index (χ3n) is 4.39. The summed E-state index contributed by atoms with van der Waals surface area (Å²) >= 11 is 0. The maximum Gasteiger partial charge on any atom is 0.257 e. The summed E-state index contributed by atoms with van der Waals surface area (Å²) in [6, 6.07) is 21.8. The minimum atomic E-state index is -0.0816. The van der Waals surface area contributed by atoms with Crippen molar-refractivity contribution >= 4 is 32.6 Å². The summed E-state index contributed by atoms with van der Waals surface area (Å²) in [6.45, 7) is 0. The molecule has 4 nitrogen and oxygen atoms in total. The van der Waals surface area contributed by atoms with Gasteiger partial charge in [-0.3, -0.25) is 4.79 Å².